The molecule has 0 aliphatic heterocycles. The summed E-state index contributed by atoms with van der Waals surface area (Å²) in [6.07, 6.45) is 8.22. The summed E-state index contributed by atoms with van der Waals surface area (Å²) in [4.78, 5) is 8.66. The van der Waals surface area contributed by atoms with Gasteiger partial charge >= 0.3 is 0 Å². The fourth-order valence-corrected chi connectivity index (χ4v) is 3.00. The molecule has 2 N–H and O–H groups in total. The molecular formula is C18H32N4O. The Hall–Kier alpha value is -1.52. The van der Waals surface area contributed by atoms with E-state index in [1.165, 1.54) is 32.1 Å². The molecule has 0 spiro atoms. The number of guanidine groups is 1. The molecular weight excluding hydrogens is 288 g/mol. The van der Waals surface area contributed by atoms with Gasteiger partial charge in [0.15, 0.2) is 5.96 Å². The monoisotopic (exact) mass is 320 g/mol. The minimum absolute atomic E-state index is 0.0108. The Balaban J connectivity index is 1.80. The zero-order valence-corrected chi connectivity index (χ0v) is 15.3. The van der Waals surface area contributed by atoms with Crippen LogP contribution in [0.15, 0.2) is 15.6 Å². The lowest BCUT2D eigenvalue weighted by Gasteiger charge is -2.29. The molecule has 1 aliphatic carbocycles. The van der Waals surface area contributed by atoms with Crippen molar-refractivity contribution in [3.8, 4) is 0 Å². The van der Waals surface area contributed by atoms with Crippen LogP contribution in [0, 0.1) is 5.92 Å². The molecule has 1 aromatic rings. The van der Waals surface area contributed by atoms with Crippen LogP contribution in [-0.4, -0.2) is 24.0 Å². The van der Waals surface area contributed by atoms with Crippen molar-refractivity contribution < 1.29 is 4.42 Å². The summed E-state index contributed by atoms with van der Waals surface area (Å²) in [6, 6.07) is 0.527. The average molecular weight is 320 g/mol. The lowest BCUT2D eigenvalue weighted by Crippen LogP contribution is -2.44. The van der Waals surface area contributed by atoms with Crippen LogP contribution in [0.2, 0.25) is 0 Å². The van der Waals surface area contributed by atoms with Gasteiger partial charge in [-0.15, -0.1) is 0 Å². The highest BCUT2D eigenvalue weighted by atomic mass is 16.4. The van der Waals surface area contributed by atoms with Gasteiger partial charge in [-0.1, -0.05) is 34.1 Å². The van der Waals surface area contributed by atoms with Crippen LogP contribution in [-0.2, 0) is 12.0 Å². The second-order valence-corrected chi connectivity index (χ2v) is 7.56. The lowest BCUT2D eigenvalue weighted by molar-refractivity contribution is 0.303. The Morgan fingerprint density at radius 2 is 2.00 bits per heavy atom. The average Bonchev–Trinajstić information content (AvgIpc) is 3.01. The van der Waals surface area contributed by atoms with Gasteiger partial charge in [-0.05, 0) is 31.6 Å². The van der Waals surface area contributed by atoms with E-state index in [-0.39, 0.29) is 5.41 Å². The maximum Gasteiger partial charge on any atom is 0.213 e. The first-order valence-electron chi connectivity index (χ1n) is 8.84. The van der Waals surface area contributed by atoms with Gasteiger partial charge < -0.3 is 15.1 Å². The molecule has 0 radical (unpaired) electrons. The van der Waals surface area contributed by atoms with Gasteiger partial charge in [0, 0.05) is 18.5 Å². The number of nitrogens with one attached hydrogen (secondary N) is 2. The Morgan fingerprint density at radius 1 is 1.30 bits per heavy atom. The molecule has 5 heteroatoms. The van der Waals surface area contributed by atoms with Crippen LogP contribution < -0.4 is 10.6 Å². The van der Waals surface area contributed by atoms with Crippen LogP contribution in [0.5, 0.6) is 0 Å². The third-order valence-electron chi connectivity index (χ3n) is 4.69. The molecule has 0 bridgehead atoms. The van der Waals surface area contributed by atoms with Crippen LogP contribution in [0.4, 0.5) is 0 Å². The van der Waals surface area contributed by atoms with E-state index in [9.17, 15) is 0 Å². The molecule has 0 unspecified atom stereocenters. The Labute approximate surface area is 140 Å². The second-order valence-electron chi connectivity index (χ2n) is 7.56. The van der Waals surface area contributed by atoms with E-state index in [1.807, 2.05) is 13.2 Å². The molecule has 1 fully saturated rings. The minimum atomic E-state index is -0.0108. The molecule has 0 aromatic carbocycles. The van der Waals surface area contributed by atoms with Gasteiger partial charge in [-0.3, -0.25) is 4.99 Å². The molecule has 0 atom stereocenters. The molecule has 1 aliphatic rings. The van der Waals surface area contributed by atoms with E-state index < -0.39 is 0 Å². The largest absolute Gasteiger partial charge is 0.443 e. The molecule has 0 amide bonds. The van der Waals surface area contributed by atoms with Gasteiger partial charge in [0.05, 0.1) is 12.7 Å². The smallest absolute Gasteiger partial charge is 0.213 e. The summed E-state index contributed by atoms with van der Waals surface area (Å²) in [5.74, 6) is 3.36. The SMILES string of the molecule is CCC1CCC(NC(=NC)NCc2ncc(C(C)(C)C)o2)CC1. The first-order valence-corrected chi connectivity index (χ1v) is 8.84. The van der Waals surface area contributed by atoms with E-state index in [0.29, 0.717) is 18.5 Å². The quantitative estimate of drug-likeness (QED) is 0.657. The fraction of sp³-hybridized carbons (Fsp3) is 0.778. The van der Waals surface area contributed by atoms with Crippen molar-refractivity contribution >= 4 is 5.96 Å². The van der Waals surface area contributed by atoms with E-state index in [2.05, 4.69) is 48.3 Å². The maximum absolute atomic E-state index is 5.81. The molecule has 2 rings (SSSR count). The number of aliphatic imine (C=N–C) groups is 1. The van der Waals surface area contributed by atoms with Crippen LogP contribution in [0.25, 0.3) is 0 Å². The Bertz CT molecular complexity index is 507. The molecule has 1 aromatic heterocycles. The third-order valence-corrected chi connectivity index (χ3v) is 4.69. The summed E-state index contributed by atoms with van der Waals surface area (Å²) in [7, 11) is 1.81. The number of hydrogen-bond donors (Lipinski definition) is 2. The Kier molecular flexibility index (Phi) is 6.08. The van der Waals surface area contributed by atoms with E-state index in [4.69, 9.17) is 4.42 Å². The highest BCUT2D eigenvalue weighted by Crippen LogP contribution is 2.26. The van der Waals surface area contributed by atoms with E-state index >= 15 is 0 Å². The summed E-state index contributed by atoms with van der Waals surface area (Å²) in [5, 5.41) is 6.83. The van der Waals surface area contributed by atoms with E-state index in [1.54, 1.807) is 0 Å². The molecule has 23 heavy (non-hydrogen) atoms. The number of hydrogen-bond acceptors (Lipinski definition) is 3. The molecule has 1 heterocycles. The Morgan fingerprint density at radius 3 is 2.52 bits per heavy atom. The summed E-state index contributed by atoms with van der Waals surface area (Å²) in [5.41, 5.74) is -0.0108. The number of aromatic nitrogens is 1. The molecule has 130 valence electrons. The van der Waals surface area contributed by atoms with Crippen molar-refractivity contribution in [2.45, 2.75) is 77.8 Å². The summed E-state index contributed by atoms with van der Waals surface area (Å²) >= 11 is 0. The van der Waals surface area contributed by atoms with Crippen molar-refractivity contribution in [3.63, 3.8) is 0 Å². The predicted octanol–water partition coefficient (Wildman–Crippen LogP) is 3.61. The molecule has 0 saturated heterocycles. The van der Waals surface area contributed by atoms with Gasteiger partial charge in [0.25, 0.3) is 0 Å². The van der Waals surface area contributed by atoms with Gasteiger partial charge in [0.1, 0.15) is 5.76 Å². The number of nitrogens with zero attached hydrogens (tertiary/aromatic N) is 2. The number of rotatable bonds is 4. The normalized spacial score (nSPS) is 22.9. The number of oxazole rings is 1. The molecule has 5 nitrogen and oxygen atoms in total. The topological polar surface area (TPSA) is 62.5 Å². The van der Waals surface area contributed by atoms with Crippen molar-refractivity contribution in [3.05, 3.63) is 17.8 Å². The van der Waals surface area contributed by atoms with Crippen molar-refractivity contribution in [1.29, 1.82) is 0 Å². The standard InChI is InChI=1S/C18H32N4O/c1-6-13-7-9-14(10-8-13)22-17(19-5)21-12-16-20-11-15(23-16)18(2,3)4/h11,13-14H,6-10,12H2,1-5H3,(H2,19,21,22). The third kappa shape index (κ3) is 5.26. The zero-order valence-electron chi connectivity index (χ0n) is 15.3. The van der Waals surface area contributed by atoms with Crippen LogP contribution in [0.1, 0.15) is 71.5 Å². The van der Waals surface area contributed by atoms with Gasteiger partial charge in [-0.2, -0.15) is 0 Å². The minimum Gasteiger partial charge on any atom is -0.443 e. The summed E-state index contributed by atoms with van der Waals surface area (Å²) < 4.78 is 5.81. The van der Waals surface area contributed by atoms with Gasteiger partial charge in [0.2, 0.25) is 5.89 Å². The van der Waals surface area contributed by atoms with Crippen LogP contribution in [0.3, 0.4) is 0 Å². The first kappa shape index (κ1) is 17.8. The second kappa shape index (κ2) is 7.84. The fourth-order valence-electron chi connectivity index (χ4n) is 3.00. The van der Waals surface area contributed by atoms with Crippen molar-refractivity contribution in [1.82, 2.24) is 15.6 Å². The predicted molar refractivity (Wildman–Crippen MR) is 94.6 cm³/mol. The highest BCUT2D eigenvalue weighted by molar-refractivity contribution is 5.79. The van der Waals surface area contributed by atoms with Crippen LogP contribution >= 0.6 is 0 Å². The highest BCUT2D eigenvalue weighted by Gasteiger charge is 2.21. The zero-order chi connectivity index (χ0) is 16.9. The van der Waals surface area contributed by atoms with Gasteiger partial charge in [-0.25, -0.2) is 4.98 Å². The van der Waals surface area contributed by atoms with Crippen molar-refractivity contribution in [2.75, 3.05) is 7.05 Å². The first-order chi connectivity index (χ1) is 10.9. The maximum atomic E-state index is 5.81. The lowest BCUT2D eigenvalue weighted by atomic mass is 9.84. The molecule has 1 saturated carbocycles. The van der Waals surface area contributed by atoms with Crippen molar-refractivity contribution in [2.24, 2.45) is 10.9 Å². The summed E-state index contributed by atoms with van der Waals surface area (Å²) in [6.45, 7) is 9.22. The van der Waals surface area contributed by atoms with E-state index in [0.717, 1.165) is 17.6 Å².